The molecule has 0 unspecified atom stereocenters. The third-order valence-corrected chi connectivity index (χ3v) is 1.85. The zero-order chi connectivity index (χ0) is 8.81. The minimum Gasteiger partial charge on any atom is -0.384 e. The fourth-order valence-electron chi connectivity index (χ4n) is 1.18. The lowest BCUT2D eigenvalue weighted by Gasteiger charge is -2.14. The van der Waals surface area contributed by atoms with Gasteiger partial charge in [0.15, 0.2) is 0 Å². The Hall–Kier alpha value is -1.05. The van der Waals surface area contributed by atoms with Gasteiger partial charge in [0, 0.05) is 12.7 Å². The Morgan fingerprint density at radius 1 is 1.67 bits per heavy atom. The van der Waals surface area contributed by atoms with Crippen LogP contribution in [0.2, 0.25) is 0 Å². The number of aliphatic imine (C=N–C) groups is 1. The van der Waals surface area contributed by atoms with Gasteiger partial charge in [0.05, 0.1) is 11.4 Å². The van der Waals surface area contributed by atoms with Gasteiger partial charge in [-0.05, 0) is 26.7 Å². The number of nitrogens with zero attached hydrogens (tertiary/aromatic N) is 1. The predicted octanol–water partition coefficient (Wildman–Crippen LogP) is 2.25. The van der Waals surface area contributed by atoms with Crippen molar-refractivity contribution in [1.29, 1.82) is 0 Å². The van der Waals surface area contributed by atoms with Crippen LogP contribution in [-0.4, -0.2) is 12.3 Å². The first kappa shape index (κ1) is 9.04. The molecule has 0 amide bonds. The van der Waals surface area contributed by atoms with Gasteiger partial charge in [-0.3, -0.25) is 4.99 Å². The SMILES string of the molecule is C/C=C\N=C(/C)C1=CCCCN1. The summed E-state index contributed by atoms with van der Waals surface area (Å²) in [5.41, 5.74) is 2.27. The molecular weight excluding hydrogens is 148 g/mol. The number of allylic oxidation sites excluding steroid dienone is 3. The highest BCUT2D eigenvalue weighted by Crippen LogP contribution is 2.04. The van der Waals surface area contributed by atoms with Crippen LogP contribution in [-0.2, 0) is 0 Å². The maximum Gasteiger partial charge on any atom is 0.0600 e. The first-order chi connectivity index (χ1) is 5.84. The third-order valence-electron chi connectivity index (χ3n) is 1.85. The number of hydrogen-bond donors (Lipinski definition) is 1. The Morgan fingerprint density at radius 2 is 2.50 bits per heavy atom. The molecule has 1 rings (SSSR count). The minimum absolute atomic E-state index is 1.08. The van der Waals surface area contributed by atoms with E-state index >= 15 is 0 Å². The molecule has 12 heavy (non-hydrogen) atoms. The molecule has 1 N–H and O–H groups in total. The van der Waals surface area contributed by atoms with Gasteiger partial charge in [0.2, 0.25) is 0 Å². The van der Waals surface area contributed by atoms with Gasteiger partial charge in [0.1, 0.15) is 0 Å². The Bertz CT molecular complexity index is 224. The van der Waals surface area contributed by atoms with E-state index in [9.17, 15) is 0 Å². The Kier molecular flexibility index (Phi) is 3.58. The van der Waals surface area contributed by atoms with Crippen molar-refractivity contribution in [1.82, 2.24) is 5.32 Å². The molecular formula is C10H16N2. The molecule has 0 aromatic carbocycles. The monoisotopic (exact) mass is 164 g/mol. The van der Waals surface area contributed by atoms with Gasteiger partial charge >= 0.3 is 0 Å². The lowest BCUT2D eigenvalue weighted by molar-refractivity contribution is 0.710. The van der Waals surface area contributed by atoms with Crippen LogP contribution in [0.4, 0.5) is 0 Å². The van der Waals surface area contributed by atoms with E-state index in [1.807, 2.05) is 26.1 Å². The molecule has 0 fully saturated rings. The molecule has 0 bridgehead atoms. The predicted molar refractivity (Wildman–Crippen MR) is 53.2 cm³/mol. The molecule has 2 nitrogen and oxygen atoms in total. The van der Waals surface area contributed by atoms with Gasteiger partial charge < -0.3 is 5.32 Å². The van der Waals surface area contributed by atoms with E-state index < -0.39 is 0 Å². The number of hydrogen-bond acceptors (Lipinski definition) is 2. The van der Waals surface area contributed by atoms with E-state index in [0.717, 1.165) is 12.3 Å². The summed E-state index contributed by atoms with van der Waals surface area (Å²) in [5.74, 6) is 0. The van der Waals surface area contributed by atoms with E-state index in [1.165, 1.54) is 18.5 Å². The maximum absolute atomic E-state index is 4.27. The maximum atomic E-state index is 4.27. The standard InChI is InChI=1S/C10H16N2/c1-3-7-11-9(2)10-6-4-5-8-12-10/h3,6-7,12H,4-5,8H2,1-2H3/b7-3-,11-9+. The molecule has 66 valence electrons. The summed E-state index contributed by atoms with van der Waals surface area (Å²) < 4.78 is 0. The lowest BCUT2D eigenvalue weighted by Crippen LogP contribution is -2.23. The smallest absolute Gasteiger partial charge is 0.0600 e. The van der Waals surface area contributed by atoms with Crippen molar-refractivity contribution < 1.29 is 0 Å². The molecule has 1 aliphatic heterocycles. The highest BCUT2D eigenvalue weighted by Gasteiger charge is 2.03. The van der Waals surface area contributed by atoms with E-state index in [4.69, 9.17) is 0 Å². The topological polar surface area (TPSA) is 24.4 Å². The third kappa shape index (κ3) is 2.53. The number of rotatable bonds is 2. The van der Waals surface area contributed by atoms with Crippen molar-refractivity contribution in [2.24, 2.45) is 4.99 Å². The second-order valence-corrected chi connectivity index (χ2v) is 2.88. The summed E-state index contributed by atoms with van der Waals surface area (Å²) in [6.07, 6.45) is 8.39. The molecule has 0 radical (unpaired) electrons. The van der Waals surface area contributed by atoms with Crippen LogP contribution >= 0.6 is 0 Å². The molecule has 1 aliphatic rings. The zero-order valence-electron chi connectivity index (χ0n) is 7.80. The van der Waals surface area contributed by atoms with Crippen molar-refractivity contribution >= 4 is 5.71 Å². The van der Waals surface area contributed by atoms with Gasteiger partial charge in [-0.25, -0.2) is 0 Å². The van der Waals surface area contributed by atoms with E-state index in [-0.39, 0.29) is 0 Å². The van der Waals surface area contributed by atoms with Crippen LogP contribution in [0.1, 0.15) is 26.7 Å². The van der Waals surface area contributed by atoms with E-state index in [0.29, 0.717) is 0 Å². The minimum atomic E-state index is 1.08. The number of nitrogens with one attached hydrogen (secondary N) is 1. The fourth-order valence-corrected chi connectivity index (χ4v) is 1.18. The second kappa shape index (κ2) is 4.75. The molecule has 0 aromatic rings. The van der Waals surface area contributed by atoms with Crippen LogP contribution in [0.15, 0.2) is 29.0 Å². The van der Waals surface area contributed by atoms with Gasteiger partial charge in [-0.2, -0.15) is 0 Å². The van der Waals surface area contributed by atoms with Crippen molar-refractivity contribution in [3.8, 4) is 0 Å². The molecule has 0 saturated heterocycles. The lowest BCUT2D eigenvalue weighted by atomic mass is 10.1. The van der Waals surface area contributed by atoms with Crippen molar-refractivity contribution in [2.75, 3.05) is 6.54 Å². The highest BCUT2D eigenvalue weighted by molar-refractivity contribution is 5.98. The van der Waals surface area contributed by atoms with E-state index in [1.54, 1.807) is 0 Å². The van der Waals surface area contributed by atoms with E-state index in [2.05, 4.69) is 16.4 Å². The van der Waals surface area contributed by atoms with Crippen LogP contribution in [0.3, 0.4) is 0 Å². The Labute approximate surface area is 74.1 Å². The summed E-state index contributed by atoms with van der Waals surface area (Å²) in [4.78, 5) is 4.27. The Morgan fingerprint density at radius 3 is 3.08 bits per heavy atom. The molecule has 0 spiro atoms. The molecule has 1 heterocycles. The first-order valence-corrected chi connectivity index (χ1v) is 4.44. The highest BCUT2D eigenvalue weighted by atomic mass is 14.9. The molecule has 0 atom stereocenters. The molecule has 0 saturated carbocycles. The quantitative estimate of drug-likeness (QED) is 0.622. The molecule has 0 aromatic heterocycles. The summed E-state index contributed by atoms with van der Waals surface area (Å²) in [7, 11) is 0. The van der Waals surface area contributed by atoms with Gasteiger partial charge in [-0.15, -0.1) is 0 Å². The van der Waals surface area contributed by atoms with Crippen molar-refractivity contribution in [3.63, 3.8) is 0 Å². The van der Waals surface area contributed by atoms with Crippen LogP contribution in [0, 0.1) is 0 Å². The molecule has 2 heteroatoms. The van der Waals surface area contributed by atoms with Gasteiger partial charge in [-0.1, -0.05) is 12.2 Å². The Balaban J connectivity index is 2.61. The molecule has 0 aliphatic carbocycles. The van der Waals surface area contributed by atoms with Crippen molar-refractivity contribution in [2.45, 2.75) is 26.7 Å². The fraction of sp³-hybridized carbons (Fsp3) is 0.500. The summed E-state index contributed by atoms with van der Waals surface area (Å²) in [5, 5.41) is 3.32. The zero-order valence-corrected chi connectivity index (χ0v) is 7.80. The largest absolute Gasteiger partial charge is 0.384 e. The second-order valence-electron chi connectivity index (χ2n) is 2.88. The first-order valence-electron chi connectivity index (χ1n) is 4.44. The summed E-state index contributed by atoms with van der Waals surface area (Å²) in [6.45, 7) is 5.08. The van der Waals surface area contributed by atoms with Gasteiger partial charge in [0.25, 0.3) is 0 Å². The van der Waals surface area contributed by atoms with Crippen LogP contribution in [0.5, 0.6) is 0 Å². The summed E-state index contributed by atoms with van der Waals surface area (Å²) in [6, 6.07) is 0. The van der Waals surface area contributed by atoms with Crippen LogP contribution in [0.25, 0.3) is 0 Å². The average molecular weight is 164 g/mol. The normalized spacial score (nSPS) is 19.2. The average Bonchev–Trinajstić information content (AvgIpc) is 2.15. The van der Waals surface area contributed by atoms with Crippen LogP contribution < -0.4 is 5.32 Å². The summed E-state index contributed by atoms with van der Waals surface area (Å²) >= 11 is 0. The van der Waals surface area contributed by atoms with Crippen molar-refractivity contribution in [3.05, 3.63) is 24.0 Å².